The average molecular weight is 393 g/mol. The Bertz CT molecular complexity index is 916. The highest BCUT2D eigenvalue weighted by atomic mass is 16.5. The first-order chi connectivity index (χ1) is 14.1. The van der Waals surface area contributed by atoms with Gasteiger partial charge in [0.15, 0.2) is 11.5 Å². The van der Waals surface area contributed by atoms with Crippen molar-refractivity contribution in [3.05, 3.63) is 72.1 Å². The van der Waals surface area contributed by atoms with Crippen LogP contribution in [0.5, 0.6) is 11.5 Å². The molecule has 6 heteroatoms. The Labute approximate surface area is 172 Å². The third kappa shape index (κ3) is 5.38. The van der Waals surface area contributed by atoms with Gasteiger partial charge in [-0.1, -0.05) is 36.4 Å². The molecule has 3 aromatic rings. The van der Waals surface area contributed by atoms with Gasteiger partial charge < -0.3 is 19.7 Å². The van der Waals surface area contributed by atoms with E-state index < -0.39 is 0 Å². The molecular formula is C23H28N4O2. The van der Waals surface area contributed by atoms with E-state index in [-0.39, 0.29) is 0 Å². The standard InChI is InChI=1S/C23H28N4O2/c1-17(2)27(15-18-8-6-5-7-9-18)23-13-22(25-16-26-23)24-14-19-10-11-20(28-3)21(12-19)29-4/h5-13,16-17H,14-15H2,1-4H3,(H,24,25,26). The molecule has 0 amide bonds. The van der Waals surface area contributed by atoms with Crippen molar-refractivity contribution in [3.8, 4) is 11.5 Å². The first-order valence-corrected chi connectivity index (χ1v) is 9.68. The summed E-state index contributed by atoms with van der Waals surface area (Å²) in [5.74, 6) is 3.11. The predicted octanol–water partition coefficient (Wildman–Crippen LogP) is 4.52. The summed E-state index contributed by atoms with van der Waals surface area (Å²) in [6.07, 6.45) is 1.60. The fourth-order valence-corrected chi connectivity index (χ4v) is 3.09. The van der Waals surface area contributed by atoms with Gasteiger partial charge in [0.2, 0.25) is 0 Å². The van der Waals surface area contributed by atoms with Gasteiger partial charge in [0.05, 0.1) is 14.2 Å². The molecule has 0 unspecified atom stereocenters. The molecule has 0 radical (unpaired) electrons. The van der Waals surface area contributed by atoms with Gasteiger partial charge in [-0.25, -0.2) is 9.97 Å². The number of aromatic nitrogens is 2. The molecule has 0 aliphatic rings. The van der Waals surface area contributed by atoms with E-state index in [1.807, 2.05) is 30.3 Å². The number of methoxy groups -OCH3 is 2. The Morgan fingerprint density at radius 3 is 2.34 bits per heavy atom. The van der Waals surface area contributed by atoms with E-state index in [2.05, 4.69) is 58.3 Å². The third-order valence-corrected chi connectivity index (χ3v) is 4.69. The fourth-order valence-electron chi connectivity index (χ4n) is 3.09. The molecule has 0 saturated heterocycles. The smallest absolute Gasteiger partial charge is 0.161 e. The van der Waals surface area contributed by atoms with Crippen molar-refractivity contribution in [1.29, 1.82) is 0 Å². The molecule has 152 valence electrons. The van der Waals surface area contributed by atoms with Crippen LogP contribution in [0.2, 0.25) is 0 Å². The van der Waals surface area contributed by atoms with E-state index in [1.165, 1.54) is 5.56 Å². The molecular weight excluding hydrogens is 364 g/mol. The highest BCUT2D eigenvalue weighted by Crippen LogP contribution is 2.28. The van der Waals surface area contributed by atoms with Crippen LogP contribution in [0.1, 0.15) is 25.0 Å². The van der Waals surface area contributed by atoms with Gasteiger partial charge in [-0.2, -0.15) is 0 Å². The van der Waals surface area contributed by atoms with Crippen molar-refractivity contribution >= 4 is 11.6 Å². The zero-order valence-corrected chi connectivity index (χ0v) is 17.4. The van der Waals surface area contributed by atoms with Crippen LogP contribution in [-0.4, -0.2) is 30.2 Å². The summed E-state index contributed by atoms with van der Waals surface area (Å²) in [4.78, 5) is 11.1. The van der Waals surface area contributed by atoms with Gasteiger partial charge in [0, 0.05) is 25.2 Å². The van der Waals surface area contributed by atoms with Gasteiger partial charge >= 0.3 is 0 Å². The Balaban J connectivity index is 1.73. The molecule has 0 atom stereocenters. The molecule has 0 saturated carbocycles. The molecule has 0 spiro atoms. The van der Waals surface area contributed by atoms with Crippen LogP contribution in [0.25, 0.3) is 0 Å². The quantitative estimate of drug-likeness (QED) is 0.578. The number of ether oxygens (including phenoxy) is 2. The molecule has 6 nitrogen and oxygen atoms in total. The van der Waals surface area contributed by atoms with Crippen molar-refractivity contribution in [2.75, 3.05) is 24.4 Å². The number of nitrogens with one attached hydrogen (secondary N) is 1. The van der Waals surface area contributed by atoms with E-state index in [0.717, 1.165) is 23.7 Å². The maximum Gasteiger partial charge on any atom is 0.161 e. The largest absolute Gasteiger partial charge is 0.493 e. The second kappa shape index (κ2) is 9.78. The van der Waals surface area contributed by atoms with Crippen LogP contribution < -0.4 is 19.7 Å². The molecule has 0 fully saturated rings. The number of rotatable bonds is 9. The Morgan fingerprint density at radius 2 is 1.66 bits per heavy atom. The first kappa shape index (κ1) is 20.5. The van der Waals surface area contributed by atoms with Crippen LogP contribution in [0, 0.1) is 0 Å². The molecule has 1 heterocycles. The lowest BCUT2D eigenvalue weighted by atomic mass is 10.2. The summed E-state index contributed by atoms with van der Waals surface area (Å²) in [5.41, 5.74) is 2.33. The van der Waals surface area contributed by atoms with Crippen LogP contribution in [0.4, 0.5) is 11.6 Å². The molecule has 1 aromatic heterocycles. The predicted molar refractivity (Wildman–Crippen MR) is 117 cm³/mol. The summed E-state index contributed by atoms with van der Waals surface area (Å²) in [7, 11) is 3.27. The second-order valence-electron chi connectivity index (χ2n) is 7.01. The van der Waals surface area contributed by atoms with Crippen molar-refractivity contribution in [2.45, 2.75) is 33.0 Å². The topological polar surface area (TPSA) is 59.5 Å². The maximum absolute atomic E-state index is 5.38. The van der Waals surface area contributed by atoms with Crippen molar-refractivity contribution in [1.82, 2.24) is 9.97 Å². The van der Waals surface area contributed by atoms with Crippen LogP contribution in [0.15, 0.2) is 60.9 Å². The van der Waals surface area contributed by atoms with Gasteiger partial charge in [-0.15, -0.1) is 0 Å². The normalized spacial score (nSPS) is 10.7. The average Bonchev–Trinajstić information content (AvgIpc) is 2.76. The monoisotopic (exact) mass is 392 g/mol. The Morgan fingerprint density at radius 1 is 0.897 bits per heavy atom. The molecule has 0 bridgehead atoms. The van der Waals surface area contributed by atoms with Crippen molar-refractivity contribution in [3.63, 3.8) is 0 Å². The van der Waals surface area contributed by atoms with E-state index >= 15 is 0 Å². The molecule has 2 aromatic carbocycles. The number of anilines is 2. The summed E-state index contributed by atoms with van der Waals surface area (Å²) in [6.45, 7) is 5.76. The van der Waals surface area contributed by atoms with Gasteiger partial charge in [-0.3, -0.25) is 0 Å². The van der Waals surface area contributed by atoms with Crippen LogP contribution in [0.3, 0.4) is 0 Å². The van der Waals surface area contributed by atoms with E-state index in [9.17, 15) is 0 Å². The Hall–Kier alpha value is -3.28. The van der Waals surface area contributed by atoms with Crippen molar-refractivity contribution < 1.29 is 9.47 Å². The van der Waals surface area contributed by atoms with Crippen LogP contribution in [-0.2, 0) is 13.1 Å². The highest BCUT2D eigenvalue weighted by molar-refractivity contribution is 5.50. The SMILES string of the molecule is COc1ccc(CNc2cc(N(Cc3ccccc3)C(C)C)ncn2)cc1OC. The Kier molecular flexibility index (Phi) is 6.89. The summed E-state index contributed by atoms with van der Waals surface area (Å²) < 4.78 is 10.7. The molecule has 0 aliphatic carbocycles. The first-order valence-electron chi connectivity index (χ1n) is 9.68. The van der Waals surface area contributed by atoms with Gasteiger partial charge in [0.1, 0.15) is 18.0 Å². The zero-order chi connectivity index (χ0) is 20.6. The molecule has 29 heavy (non-hydrogen) atoms. The van der Waals surface area contributed by atoms with Gasteiger partial charge in [-0.05, 0) is 37.1 Å². The molecule has 0 aliphatic heterocycles. The fraction of sp³-hybridized carbons (Fsp3) is 0.304. The number of benzene rings is 2. The summed E-state index contributed by atoms with van der Waals surface area (Å²) in [6, 6.07) is 18.6. The van der Waals surface area contributed by atoms with E-state index in [0.29, 0.717) is 24.1 Å². The van der Waals surface area contributed by atoms with Gasteiger partial charge in [0.25, 0.3) is 0 Å². The third-order valence-electron chi connectivity index (χ3n) is 4.69. The second-order valence-corrected chi connectivity index (χ2v) is 7.01. The van der Waals surface area contributed by atoms with Crippen molar-refractivity contribution in [2.24, 2.45) is 0 Å². The lowest BCUT2D eigenvalue weighted by Gasteiger charge is -2.28. The minimum absolute atomic E-state index is 0.309. The summed E-state index contributed by atoms with van der Waals surface area (Å²) >= 11 is 0. The number of hydrogen-bond acceptors (Lipinski definition) is 6. The number of nitrogens with zero attached hydrogens (tertiary/aromatic N) is 3. The lowest BCUT2D eigenvalue weighted by Crippen LogP contribution is -2.31. The molecule has 3 rings (SSSR count). The molecule has 1 N–H and O–H groups in total. The highest BCUT2D eigenvalue weighted by Gasteiger charge is 2.14. The summed E-state index contributed by atoms with van der Waals surface area (Å²) in [5, 5.41) is 3.37. The minimum Gasteiger partial charge on any atom is -0.493 e. The zero-order valence-electron chi connectivity index (χ0n) is 17.4. The maximum atomic E-state index is 5.38. The number of hydrogen-bond donors (Lipinski definition) is 1. The lowest BCUT2D eigenvalue weighted by molar-refractivity contribution is 0.354. The minimum atomic E-state index is 0.309. The van der Waals surface area contributed by atoms with Crippen LogP contribution >= 0.6 is 0 Å². The van der Waals surface area contributed by atoms with E-state index in [1.54, 1.807) is 20.5 Å². The van der Waals surface area contributed by atoms with E-state index in [4.69, 9.17) is 9.47 Å².